The zero-order valence-electron chi connectivity index (χ0n) is 14.5. The van der Waals surface area contributed by atoms with E-state index in [1.54, 1.807) is 24.3 Å². The van der Waals surface area contributed by atoms with E-state index in [2.05, 4.69) is 9.97 Å². The fraction of sp³-hybridized carbons (Fsp3) is 0.150. The predicted molar refractivity (Wildman–Crippen MR) is 97.5 cm³/mol. The highest BCUT2D eigenvalue weighted by molar-refractivity contribution is 5.97. The summed E-state index contributed by atoms with van der Waals surface area (Å²) >= 11 is 0. The number of pyridine rings is 2. The number of carbonyl (C=O) groups is 1. The number of hydrogen-bond acceptors (Lipinski definition) is 5. The van der Waals surface area contributed by atoms with E-state index in [4.69, 9.17) is 4.74 Å². The van der Waals surface area contributed by atoms with Crippen LogP contribution in [-0.2, 0) is 6.18 Å². The lowest BCUT2D eigenvalue weighted by Crippen LogP contribution is -2.14. The highest BCUT2D eigenvalue weighted by Gasteiger charge is 2.30. The van der Waals surface area contributed by atoms with Crippen molar-refractivity contribution in [2.45, 2.75) is 12.6 Å². The Balaban J connectivity index is 1.76. The molecule has 28 heavy (non-hydrogen) atoms. The standard InChI is InChI=1S/C20H14F3N3O2/c21-20(22,23)13-3-8-18(24-11-13)28-17-7-6-16-15(5-4-14(12-27)25-16)19(17)26-9-1-2-10-26/h1,3-9,11-12H,2,10H2. The van der Waals surface area contributed by atoms with Gasteiger partial charge in [-0.3, -0.25) is 4.79 Å². The Morgan fingerprint density at radius 3 is 2.61 bits per heavy atom. The SMILES string of the molecule is O=Cc1ccc2c(N3C=CCC3)c(Oc3ccc(C(F)(F)F)cn3)ccc2n1. The molecular formula is C20H14F3N3O2. The Bertz CT molecular complexity index is 1060. The van der Waals surface area contributed by atoms with Gasteiger partial charge in [-0.1, -0.05) is 6.08 Å². The highest BCUT2D eigenvalue weighted by atomic mass is 19.4. The summed E-state index contributed by atoms with van der Waals surface area (Å²) in [6, 6.07) is 8.87. The maximum absolute atomic E-state index is 12.7. The minimum atomic E-state index is -4.46. The first kappa shape index (κ1) is 18.0. The number of aromatic nitrogens is 2. The first-order valence-corrected chi connectivity index (χ1v) is 8.49. The van der Waals surface area contributed by atoms with Crippen LogP contribution in [-0.4, -0.2) is 22.8 Å². The zero-order valence-corrected chi connectivity index (χ0v) is 14.5. The average Bonchev–Trinajstić information content (AvgIpc) is 3.21. The van der Waals surface area contributed by atoms with Crippen LogP contribution in [0.5, 0.6) is 11.6 Å². The molecule has 142 valence electrons. The Morgan fingerprint density at radius 1 is 1.11 bits per heavy atom. The molecule has 5 nitrogen and oxygen atoms in total. The zero-order chi connectivity index (χ0) is 19.7. The first-order valence-electron chi connectivity index (χ1n) is 8.49. The van der Waals surface area contributed by atoms with Gasteiger partial charge in [-0.2, -0.15) is 13.2 Å². The van der Waals surface area contributed by atoms with Crippen molar-refractivity contribution in [3.8, 4) is 11.6 Å². The molecule has 3 aromatic rings. The maximum atomic E-state index is 12.7. The molecule has 0 spiro atoms. The van der Waals surface area contributed by atoms with Gasteiger partial charge in [0.15, 0.2) is 12.0 Å². The number of anilines is 1. The van der Waals surface area contributed by atoms with Gasteiger partial charge >= 0.3 is 6.18 Å². The van der Waals surface area contributed by atoms with E-state index in [-0.39, 0.29) is 5.88 Å². The van der Waals surface area contributed by atoms with Crippen molar-refractivity contribution in [1.29, 1.82) is 0 Å². The van der Waals surface area contributed by atoms with Crippen molar-refractivity contribution >= 4 is 22.9 Å². The van der Waals surface area contributed by atoms with E-state index in [9.17, 15) is 18.0 Å². The van der Waals surface area contributed by atoms with Crippen molar-refractivity contribution in [2.24, 2.45) is 0 Å². The predicted octanol–water partition coefficient (Wildman–Crippen LogP) is 4.98. The number of aldehydes is 1. The van der Waals surface area contributed by atoms with Gasteiger partial charge in [0.25, 0.3) is 0 Å². The van der Waals surface area contributed by atoms with Crippen LogP contribution in [0.3, 0.4) is 0 Å². The molecule has 3 heterocycles. The summed E-state index contributed by atoms with van der Waals surface area (Å²) in [5, 5.41) is 0.765. The van der Waals surface area contributed by atoms with Gasteiger partial charge in [0.2, 0.25) is 5.88 Å². The molecule has 0 amide bonds. The lowest BCUT2D eigenvalue weighted by molar-refractivity contribution is -0.137. The molecule has 0 radical (unpaired) electrons. The Kier molecular flexibility index (Phi) is 4.46. The average molecular weight is 385 g/mol. The van der Waals surface area contributed by atoms with Crippen molar-refractivity contribution < 1.29 is 22.7 Å². The smallest absolute Gasteiger partial charge is 0.417 e. The molecule has 2 aromatic heterocycles. The molecular weight excluding hydrogens is 371 g/mol. The number of carbonyl (C=O) groups excluding carboxylic acids is 1. The molecule has 0 saturated carbocycles. The summed E-state index contributed by atoms with van der Waals surface area (Å²) in [5.41, 5.74) is 0.811. The molecule has 1 aliphatic rings. The molecule has 0 unspecified atom stereocenters. The molecule has 8 heteroatoms. The summed E-state index contributed by atoms with van der Waals surface area (Å²) in [7, 11) is 0. The van der Waals surface area contributed by atoms with E-state index in [1.807, 2.05) is 17.2 Å². The molecule has 0 bridgehead atoms. The van der Waals surface area contributed by atoms with Gasteiger partial charge < -0.3 is 9.64 Å². The molecule has 4 rings (SSSR count). The summed E-state index contributed by atoms with van der Waals surface area (Å²) in [4.78, 5) is 21.0. The van der Waals surface area contributed by atoms with Crippen molar-refractivity contribution in [3.63, 3.8) is 0 Å². The lowest BCUT2D eigenvalue weighted by Gasteiger charge is -2.21. The van der Waals surface area contributed by atoms with Gasteiger partial charge in [0.05, 0.1) is 16.8 Å². The number of alkyl halides is 3. The van der Waals surface area contributed by atoms with Gasteiger partial charge in [-0.15, -0.1) is 0 Å². The fourth-order valence-corrected chi connectivity index (χ4v) is 3.03. The molecule has 0 saturated heterocycles. The topological polar surface area (TPSA) is 55.3 Å². The van der Waals surface area contributed by atoms with Crippen LogP contribution in [0.4, 0.5) is 18.9 Å². The third-order valence-corrected chi connectivity index (χ3v) is 4.34. The second-order valence-electron chi connectivity index (χ2n) is 6.18. The van der Waals surface area contributed by atoms with Crippen LogP contribution in [0.1, 0.15) is 22.5 Å². The Labute approximate surface area is 158 Å². The quantitative estimate of drug-likeness (QED) is 0.593. The number of hydrogen-bond donors (Lipinski definition) is 0. The molecule has 0 aliphatic carbocycles. The van der Waals surface area contributed by atoms with Crippen LogP contribution >= 0.6 is 0 Å². The monoisotopic (exact) mass is 385 g/mol. The Hall–Kier alpha value is -3.42. The normalized spacial score (nSPS) is 13.9. The van der Waals surface area contributed by atoms with Crippen LogP contribution in [0.2, 0.25) is 0 Å². The van der Waals surface area contributed by atoms with E-state index in [0.717, 1.165) is 36.3 Å². The van der Waals surface area contributed by atoms with E-state index in [0.29, 0.717) is 23.2 Å². The van der Waals surface area contributed by atoms with E-state index in [1.165, 1.54) is 6.07 Å². The summed E-state index contributed by atoms with van der Waals surface area (Å²) in [5.74, 6) is 0.487. The van der Waals surface area contributed by atoms with Crippen LogP contribution < -0.4 is 9.64 Å². The number of nitrogens with zero attached hydrogens (tertiary/aromatic N) is 3. The molecule has 0 fully saturated rings. The lowest BCUT2D eigenvalue weighted by atomic mass is 10.1. The number of benzene rings is 1. The van der Waals surface area contributed by atoms with Gasteiger partial charge in [-0.25, -0.2) is 9.97 Å². The number of ether oxygens (including phenoxy) is 1. The number of fused-ring (bicyclic) bond motifs is 1. The van der Waals surface area contributed by atoms with Gasteiger partial charge in [0, 0.05) is 30.4 Å². The van der Waals surface area contributed by atoms with Crippen molar-refractivity contribution in [1.82, 2.24) is 9.97 Å². The fourth-order valence-electron chi connectivity index (χ4n) is 3.03. The van der Waals surface area contributed by atoms with Gasteiger partial charge in [0.1, 0.15) is 5.69 Å². The van der Waals surface area contributed by atoms with Crippen molar-refractivity contribution in [3.05, 3.63) is 66.1 Å². The maximum Gasteiger partial charge on any atom is 0.417 e. The summed E-state index contributed by atoms with van der Waals surface area (Å²) in [6.07, 6.45) is 1.73. The Morgan fingerprint density at radius 2 is 1.96 bits per heavy atom. The molecule has 0 atom stereocenters. The largest absolute Gasteiger partial charge is 0.437 e. The molecule has 1 aliphatic heterocycles. The summed E-state index contributed by atoms with van der Waals surface area (Å²) < 4.78 is 44.0. The minimum Gasteiger partial charge on any atom is -0.437 e. The number of rotatable bonds is 4. The van der Waals surface area contributed by atoms with Crippen LogP contribution in [0.15, 0.2) is 54.9 Å². The van der Waals surface area contributed by atoms with Gasteiger partial charge in [-0.05, 0) is 36.8 Å². The van der Waals surface area contributed by atoms with Crippen molar-refractivity contribution in [2.75, 3.05) is 11.4 Å². The summed E-state index contributed by atoms with van der Waals surface area (Å²) in [6.45, 7) is 0.728. The van der Waals surface area contributed by atoms with Crippen LogP contribution in [0, 0.1) is 0 Å². The second kappa shape index (κ2) is 6.95. The van der Waals surface area contributed by atoms with Crippen LogP contribution in [0.25, 0.3) is 10.9 Å². The number of halogens is 3. The first-order chi connectivity index (χ1) is 13.5. The third-order valence-electron chi connectivity index (χ3n) is 4.34. The van der Waals surface area contributed by atoms with E-state index < -0.39 is 11.7 Å². The highest BCUT2D eigenvalue weighted by Crippen LogP contribution is 2.39. The third kappa shape index (κ3) is 3.40. The minimum absolute atomic E-state index is 0.0502. The molecule has 1 aromatic carbocycles. The van der Waals surface area contributed by atoms with E-state index >= 15 is 0 Å². The second-order valence-corrected chi connectivity index (χ2v) is 6.18. The molecule has 0 N–H and O–H groups in total.